The number of anilines is 3. The first kappa shape index (κ1) is 26.2. The van der Waals surface area contributed by atoms with Gasteiger partial charge in [0.25, 0.3) is 0 Å². The number of pyridine rings is 1. The van der Waals surface area contributed by atoms with E-state index in [1.165, 1.54) is 7.11 Å². The summed E-state index contributed by atoms with van der Waals surface area (Å²) in [6.07, 6.45) is 3.57. The second-order valence-corrected chi connectivity index (χ2v) is 13.9. The van der Waals surface area contributed by atoms with Crippen molar-refractivity contribution in [3.05, 3.63) is 29.8 Å². The molecule has 3 aliphatic rings. The lowest BCUT2D eigenvalue weighted by molar-refractivity contribution is -0.137. The van der Waals surface area contributed by atoms with Gasteiger partial charge >= 0.3 is 0 Å². The molecular weight excluding hydrogens is 506 g/mol. The maximum atomic E-state index is 13.4. The molecule has 1 unspecified atom stereocenters. The lowest BCUT2D eigenvalue weighted by atomic mass is 9.87. The van der Waals surface area contributed by atoms with Crippen molar-refractivity contribution in [3.63, 3.8) is 0 Å². The zero-order valence-electron chi connectivity index (χ0n) is 22.6. The molecule has 0 radical (unpaired) electrons. The lowest BCUT2D eigenvalue weighted by Crippen LogP contribution is -2.66. The fourth-order valence-corrected chi connectivity index (χ4v) is 7.34. The largest absolute Gasteiger partial charge is 0.494 e. The number of carbonyl (C=O) groups excluding carboxylic acids is 1. The molecular formula is C26H33N7O4S. The molecule has 2 aromatic heterocycles. The van der Waals surface area contributed by atoms with Crippen molar-refractivity contribution in [3.8, 4) is 11.8 Å². The number of fused-ring (bicyclic) bond motifs is 1. The maximum Gasteiger partial charge on any atom is 0.244 e. The van der Waals surface area contributed by atoms with Crippen LogP contribution in [0.1, 0.15) is 52.3 Å². The summed E-state index contributed by atoms with van der Waals surface area (Å²) in [5.41, 5.74) is 1.67. The monoisotopic (exact) mass is 539 g/mol. The minimum atomic E-state index is -3.41. The van der Waals surface area contributed by atoms with Crippen molar-refractivity contribution < 1.29 is 17.9 Å². The quantitative estimate of drug-likeness (QED) is 0.569. The van der Waals surface area contributed by atoms with E-state index in [2.05, 4.69) is 33.6 Å². The van der Waals surface area contributed by atoms with Crippen molar-refractivity contribution >= 4 is 33.1 Å². The summed E-state index contributed by atoms with van der Waals surface area (Å²) in [5, 5.41) is 9.33. The molecule has 2 aromatic rings. The molecule has 202 valence electrons. The van der Waals surface area contributed by atoms with Gasteiger partial charge in [0.1, 0.15) is 28.8 Å². The molecule has 0 aliphatic carbocycles. The Kier molecular flexibility index (Phi) is 6.06. The number of ether oxygens (including phenoxy) is 1. The smallest absolute Gasteiger partial charge is 0.244 e. The Balaban J connectivity index is 1.48. The zero-order valence-corrected chi connectivity index (χ0v) is 23.4. The second kappa shape index (κ2) is 8.80. The third-order valence-corrected chi connectivity index (χ3v) is 10.8. The Labute approximate surface area is 223 Å². The predicted octanol–water partition coefficient (Wildman–Crippen LogP) is 2.18. The van der Waals surface area contributed by atoms with E-state index in [1.807, 2.05) is 19.9 Å². The third kappa shape index (κ3) is 3.78. The van der Waals surface area contributed by atoms with E-state index >= 15 is 0 Å². The number of methoxy groups -OCH3 is 1. The first-order valence-corrected chi connectivity index (χ1v) is 14.4. The fourth-order valence-electron chi connectivity index (χ4n) is 5.80. The van der Waals surface area contributed by atoms with Crippen LogP contribution in [0.15, 0.2) is 18.6 Å². The van der Waals surface area contributed by atoms with Crippen LogP contribution in [0.4, 0.5) is 17.3 Å². The van der Waals surface area contributed by atoms with E-state index in [1.54, 1.807) is 30.4 Å². The van der Waals surface area contributed by atoms with Gasteiger partial charge in [0.05, 0.1) is 24.7 Å². The molecule has 2 fully saturated rings. The van der Waals surface area contributed by atoms with E-state index in [0.29, 0.717) is 31.8 Å². The third-order valence-electron chi connectivity index (χ3n) is 8.27. The van der Waals surface area contributed by atoms with Gasteiger partial charge in [0, 0.05) is 48.8 Å². The number of carbonyl (C=O) groups is 1. The molecule has 0 bridgehead atoms. The molecule has 1 amide bonds. The minimum absolute atomic E-state index is 0.0679. The Morgan fingerprint density at radius 2 is 1.84 bits per heavy atom. The number of piperazine rings is 1. The van der Waals surface area contributed by atoms with Gasteiger partial charge in [-0.3, -0.25) is 4.79 Å². The lowest BCUT2D eigenvalue weighted by Gasteiger charge is -2.49. The van der Waals surface area contributed by atoms with Crippen LogP contribution in [-0.2, 0) is 20.0 Å². The van der Waals surface area contributed by atoms with E-state index in [4.69, 9.17) is 9.72 Å². The van der Waals surface area contributed by atoms with Crippen molar-refractivity contribution in [1.82, 2.24) is 19.9 Å². The zero-order chi connectivity index (χ0) is 27.6. The first-order valence-electron chi connectivity index (χ1n) is 12.7. The van der Waals surface area contributed by atoms with Crippen LogP contribution in [0.5, 0.6) is 5.75 Å². The number of nitriles is 1. The van der Waals surface area contributed by atoms with Gasteiger partial charge in [-0.15, -0.1) is 0 Å². The van der Waals surface area contributed by atoms with Crippen LogP contribution < -0.4 is 14.5 Å². The number of hydrogen-bond donors (Lipinski definition) is 0. The van der Waals surface area contributed by atoms with Crippen molar-refractivity contribution in [1.29, 1.82) is 5.26 Å². The molecule has 0 spiro atoms. The predicted molar refractivity (Wildman–Crippen MR) is 142 cm³/mol. The van der Waals surface area contributed by atoms with Gasteiger partial charge in [-0.25, -0.2) is 23.4 Å². The number of amides is 1. The number of rotatable bonds is 4. The van der Waals surface area contributed by atoms with Crippen LogP contribution in [0.3, 0.4) is 0 Å². The summed E-state index contributed by atoms with van der Waals surface area (Å²) < 4.78 is 28.9. The summed E-state index contributed by atoms with van der Waals surface area (Å²) >= 11 is 0. The standard InChI is InChI=1S/C26H33N7O4S/c1-16-13-32(24(34)26(5)7-8-38(26,35)36)17(2)12-31(16)22-21-23(30-15-29-22)33(14-25(21,3)4)18-9-20(37-6)19(10-27)28-11-18/h9,11,15-17H,7-8,12-14H2,1-6H3/t16-,17+,26?/m0/s1. The van der Waals surface area contributed by atoms with E-state index in [0.717, 1.165) is 22.9 Å². The molecule has 3 aliphatic heterocycles. The van der Waals surface area contributed by atoms with Gasteiger partial charge in [-0.1, -0.05) is 13.8 Å². The molecule has 5 heterocycles. The van der Waals surface area contributed by atoms with E-state index < -0.39 is 14.6 Å². The van der Waals surface area contributed by atoms with E-state index in [-0.39, 0.29) is 34.9 Å². The Bertz CT molecular complexity index is 1450. The van der Waals surface area contributed by atoms with Gasteiger partial charge in [-0.2, -0.15) is 5.26 Å². The summed E-state index contributed by atoms with van der Waals surface area (Å²) in [5.74, 6) is 1.74. The van der Waals surface area contributed by atoms with E-state index in [9.17, 15) is 18.5 Å². The number of aromatic nitrogens is 3. The highest BCUT2D eigenvalue weighted by Gasteiger charge is 2.57. The SMILES string of the molecule is COc1cc(N2CC(C)(C)c3c2ncnc3N2C[C@@H](C)N(C(=O)C3(C)CCS3(=O)=O)C[C@@H]2C)cnc1C#N. The highest BCUT2D eigenvalue weighted by atomic mass is 32.2. The van der Waals surface area contributed by atoms with Crippen LogP contribution in [0, 0.1) is 11.3 Å². The molecule has 0 saturated carbocycles. The van der Waals surface area contributed by atoms with Crippen molar-refractivity contribution in [2.75, 3.05) is 42.3 Å². The molecule has 3 atom stereocenters. The van der Waals surface area contributed by atoms with Crippen LogP contribution in [-0.4, -0.2) is 83.5 Å². The van der Waals surface area contributed by atoms with Crippen LogP contribution in [0.25, 0.3) is 0 Å². The average Bonchev–Trinajstić information content (AvgIpc) is 3.18. The molecule has 5 rings (SSSR count). The summed E-state index contributed by atoms with van der Waals surface area (Å²) in [6.45, 7) is 11.4. The molecule has 2 saturated heterocycles. The maximum absolute atomic E-state index is 13.4. The highest BCUT2D eigenvalue weighted by Crippen LogP contribution is 2.48. The Morgan fingerprint density at radius 1 is 1.13 bits per heavy atom. The van der Waals surface area contributed by atoms with Crippen LogP contribution >= 0.6 is 0 Å². The molecule has 12 heteroatoms. The van der Waals surface area contributed by atoms with Gasteiger partial charge in [0.2, 0.25) is 5.91 Å². The average molecular weight is 540 g/mol. The normalized spacial score (nSPS) is 27.3. The molecule has 38 heavy (non-hydrogen) atoms. The van der Waals surface area contributed by atoms with Gasteiger partial charge in [-0.05, 0) is 27.2 Å². The number of hydrogen-bond acceptors (Lipinski definition) is 10. The highest BCUT2D eigenvalue weighted by molar-refractivity contribution is 7.95. The second-order valence-electron chi connectivity index (χ2n) is 11.3. The summed E-state index contributed by atoms with van der Waals surface area (Å²) in [6, 6.07) is 3.57. The number of nitrogens with zero attached hydrogens (tertiary/aromatic N) is 7. The molecule has 11 nitrogen and oxygen atoms in total. The molecule has 0 aromatic carbocycles. The van der Waals surface area contributed by atoms with Gasteiger partial charge < -0.3 is 19.4 Å². The Hall–Kier alpha value is -3.46. The Morgan fingerprint density at radius 3 is 2.45 bits per heavy atom. The molecule has 0 N–H and O–H groups in total. The number of sulfone groups is 1. The summed E-state index contributed by atoms with van der Waals surface area (Å²) in [4.78, 5) is 33.0. The first-order chi connectivity index (χ1) is 17.8. The fraction of sp³-hybridized carbons (Fsp3) is 0.577. The van der Waals surface area contributed by atoms with Crippen molar-refractivity contribution in [2.24, 2.45) is 0 Å². The van der Waals surface area contributed by atoms with Crippen molar-refractivity contribution in [2.45, 2.75) is 63.3 Å². The topological polar surface area (TPSA) is 133 Å². The summed E-state index contributed by atoms with van der Waals surface area (Å²) in [7, 11) is -1.89. The van der Waals surface area contributed by atoms with Gasteiger partial charge in [0.15, 0.2) is 21.3 Å². The van der Waals surface area contributed by atoms with Crippen LogP contribution in [0.2, 0.25) is 0 Å². The minimum Gasteiger partial charge on any atom is -0.494 e.